The van der Waals surface area contributed by atoms with Crippen molar-refractivity contribution in [2.24, 2.45) is 5.73 Å². The van der Waals surface area contributed by atoms with E-state index in [0.717, 1.165) is 15.6 Å². The fraction of sp³-hybridized carbons (Fsp3) is 0. The van der Waals surface area contributed by atoms with E-state index in [1.165, 1.54) is 22.7 Å². The number of amides is 2. The number of benzene rings is 1. The van der Waals surface area contributed by atoms with Gasteiger partial charge >= 0.3 is 0 Å². The van der Waals surface area contributed by atoms with Gasteiger partial charge in [-0.05, 0) is 12.1 Å². The lowest BCUT2D eigenvalue weighted by atomic mass is 10.2. The van der Waals surface area contributed by atoms with Gasteiger partial charge in [-0.25, -0.2) is 4.98 Å². The summed E-state index contributed by atoms with van der Waals surface area (Å²) in [7, 11) is 0. The second kappa shape index (κ2) is 6.15. The van der Waals surface area contributed by atoms with Crippen LogP contribution in [0.5, 0.6) is 0 Å². The van der Waals surface area contributed by atoms with Crippen LogP contribution in [-0.2, 0) is 0 Å². The van der Waals surface area contributed by atoms with Gasteiger partial charge in [0.05, 0.1) is 11.3 Å². The minimum atomic E-state index is -0.528. The molecule has 4 N–H and O–H groups in total. The fourth-order valence-corrected chi connectivity index (χ4v) is 4.12. The largest absolute Gasteiger partial charge is 0.364 e. The summed E-state index contributed by atoms with van der Waals surface area (Å²) < 4.78 is 1.07. The Labute approximate surface area is 150 Å². The summed E-state index contributed by atoms with van der Waals surface area (Å²) in [5.74, 6) is -0.718. The predicted molar refractivity (Wildman–Crippen MR) is 100 cm³/mol. The van der Waals surface area contributed by atoms with Crippen molar-refractivity contribution >= 4 is 49.7 Å². The van der Waals surface area contributed by atoms with Gasteiger partial charge in [-0.3, -0.25) is 14.9 Å². The van der Waals surface area contributed by atoms with E-state index >= 15 is 0 Å². The van der Waals surface area contributed by atoms with Crippen molar-refractivity contribution in [2.45, 2.75) is 0 Å². The molecular weight excluding hydrogens is 356 g/mol. The number of nitrogens with one attached hydrogen (secondary N) is 2. The Morgan fingerprint density at radius 2 is 2.00 bits per heavy atom. The predicted octanol–water partition coefficient (Wildman–Crippen LogP) is 3.70. The topological polar surface area (TPSA) is 101 Å². The van der Waals surface area contributed by atoms with Crippen LogP contribution in [0.2, 0.25) is 0 Å². The first-order chi connectivity index (χ1) is 12.1. The SMILES string of the molecule is NC(=O)c1cc(-c2csc(NC(=O)c3csc4ccccc34)n2)c[nH]1. The highest BCUT2D eigenvalue weighted by atomic mass is 32.1. The number of H-pyrrole nitrogens is 1. The zero-order valence-electron chi connectivity index (χ0n) is 12.8. The van der Waals surface area contributed by atoms with Crippen LogP contribution in [0.1, 0.15) is 20.8 Å². The molecule has 6 nitrogen and oxygen atoms in total. The first-order valence-corrected chi connectivity index (χ1v) is 9.09. The molecule has 0 aliphatic carbocycles. The van der Waals surface area contributed by atoms with Crippen molar-refractivity contribution in [1.29, 1.82) is 0 Å². The number of nitrogens with two attached hydrogens (primary N) is 1. The number of aromatic nitrogens is 2. The molecule has 0 aliphatic rings. The number of primary amides is 1. The Morgan fingerprint density at radius 3 is 2.80 bits per heavy atom. The van der Waals surface area contributed by atoms with Crippen molar-refractivity contribution in [3.63, 3.8) is 0 Å². The highest BCUT2D eigenvalue weighted by Crippen LogP contribution is 2.28. The summed E-state index contributed by atoms with van der Waals surface area (Å²) in [4.78, 5) is 30.9. The Morgan fingerprint density at radius 1 is 1.16 bits per heavy atom. The van der Waals surface area contributed by atoms with E-state index in [-0.39, 0.29) is 5.91 Å². The van der Waals surface area contributed by atoms with Crippen LogP contribution in [0.3, 0.4) is 0 Å². The summed E-state index contributed by atoms with van der Waals surface area (Å²) in [5.41, 5.74) is 7.59. The van der Waals surface area contributed by atoms with Crippen LogP contribution in [0.25, 0.3) is 21.3 Å². The highest BCUT2D eigenvalue weighted by molar-refractivity contribution is 7.17. The maximum absolute atomic E-state index is 12.5. The Balaban J connectivity index is 1.56. The first kappa shape index (κ1) is 15.6. The number of carbonyl (C=O) groups excluding carboxylic acids is 2. The van der Waals surface area contributed by atoms with E-state index in [1.807, 2.05) is 35.0 Å². The van der Waals surface area contributed by atoms with Gasteiger partial charge < -0.3 is 10.7 Å². The molecule has 0 bridgehead atoms. The number of carbonyl (C=O) groups is 2. The van der Waals surface area contributed by atoms with E-state index in [2.05, 4.69) is 15.3 Å². The van der Waals surface area contributed by atoms with Crippen molar-refractivity contribution in [1.82, 2.24) is 9.97 Å². The molecule has 3 aromatic heterocycles. The van der Waals surface area contributed by atoms with Gasteiger partial charge in [0.1, 0.15) is 5.69 Å². The van der Waals surface area contributed by atoms with Gasteiger partial charge in [0.2, 0.25) is 0 Å². The second-order valence-corrected chi connectivity index (χ2v) is 7.07. The molecule has 8 heteroatoms. The number of rotatable bonds is 4. The number of hydrogen-bond acceptors (Lipinski definition) is 5. The van der Waals surface area contributed by atoms with Gasteiger partial charge in [0, 0.05) is 32.6 Å². The lowest BCUT2D eigenvalue weighted by molar-refractivity contribution is 0.0994. The lowest BCUT2D eigenvalue weighted by Gasteiger charge is -2.00. The normalized spacial score (nSPS) is 10.9. The monoisotopic (exact) mass is 368 g/mol. The third-order valence-electron chi connectivity index (χ3n) is 3.69. The summed E-state index contributed by atoms with van der Waals surface area (Å²) >= 11 is 2.86. The molecule has 0 spiro atoms. The van der Waals surface area contributed by atoms with Crippen LogP contribution < -0.4 is 11.1 Å². The molecule has 124 valence electrons. The number of thiophene rings is 1. The van der Waals surface area contributed by atoms with E-state index < -0.39 is 5.91 Å². The van der Waals surface area contributed by atoms with Crippen LogP contribution >= 0.6 is 22.7 Å². The summed E-state index contributed by atoms with van der Waals surface area (Å²) in [6.45, 7) is 0. The summed E-state index contributed by atoms with van der Waals surface area (Å²) in [6, 6.07) is 9.41. The van der Waals surface area contributed by atoms with Crippen LogP contribution in [0, 0.1) is 0 Å². The number of nitrogens with zero attached hydrogens (tertiary/aromatic N) is 1. The van der Waals surface area contributed by atoms with Crippen LogP contribution in [0.4, 0.5) is 5.13 Å². The Bertz CT molecular complexity index is 1090. The van der Waals surface area contributed by atoms with Gasteiger partial charge in [-0.1, -0.05) is 18.2 Å². The quantitative estimate of drug-likeness (QED) is 0.512. The van der Waals surface area contributed by atoms with Crippen molar-refractivity contribution < 1.29 is 9.59 Å². The molecule has 0 radical (unpaired) electrons. The van der Waals surface area contributed by atoms with Crippen LogP contribution in [-0.4, -0.2) is 21.8 Å². The molecule has 4 rings (SSSR count). The van der Waals surface area contributed by atoms with E-state index in [4.69, 9.17) is 5.73 Å². The third-order valence-corrected chi connectivity index (χ3v) is 5.42. The standard InChI is InChI=1S/C17H12N4O2S2/c18-15(22)12-5-9(6-19-12)13-8-25-17(20-13)21-16(23)11-7-24-14-4-2-1-3-10(11)14/h1-8,19H,(H2,18,22)(H,20,21,23). The highest BCUT2D eigenvalue weighted by Gasteiger charge is 2.15. The molecule has 0 unspecified atom stereocenters. The molecule has 0 atom stereocenters. The third kappa shape index (κ3) is 2.92. The Kier molecular flexibility index (Phi) is 3.83. The molecule has 25 heavy (non-hydrogen) atoms. The number of fused-ring (bicyclic) bond motifs is 1. The molecular formula is C17H12N4O2S2. The minimum Gasteiger partial charge on any atom is -0.364 e. The fourth-order valence-electron chi connectivity index (χ4n) is 2.47. The molecule has 0 saturated carbocycles. The molecule has 0 aliphatic heterocycles. The van der Waals surface area contributed by atoms with E-state index in [9.17, 15) is 9.59 Å². The van der Waals surface area contributed by atoms with Crippen molar-refractivity contribution in [3.05, 3.63) is 58.5 Å². The average Bonchev–Trinajstić information content (AvgIpc) is 3.33. The lowest BCUT2D eigenvalue weighted by Crippen LogP contribution is -2.11. The number of aromatic amines is 1. The van der Waals surface area contributed by atoms with Crippen LogP contribution in [0.15, 0.2) is 47.3 Å². The molecule has 0 fully saturated rings. The molecule has 1 aromatic carbocycles. The number of thiazole rings is 1. The molecule has 4 aromatic rings. The van der Waals surface area contributed by atoms with Gasteiger partial charge in [0.15, 0.2) is 5.13 Å². The van der Waals surface area contributed by atoms with E-state index in [0.29, 0.717) is 22.1 Å². The zero-order chi connectivity index (χ0) is 17.4. The molecule has 0 saturated heterocycles. The number of anilines is 1. The molecule has 3 heterocycles. The van der Waals surface area contributed by atoms with Crippen molar-refractivity contribution in [2.75, 3.05) is 5.32 Å². The minimum absolute atomic E-state index is 0.190. The van der Waals surface area contributed by atoms with E-state index in [1.54, 1.807) is 12.3 Å². The molecule has 2 amide bonds. The summed E-state index contributed by atoms with van der Waals surface area (Å²) in [5, 5.41) is 7.92. The summed E-state index contributed by atoms with van der Waals surface area (Å²) in [6.07, 6.45) is 1.66. The van der Waals surface area contributed by atoms with Gasteiger partial charge in [-0.2, -0.15) is 0 Å². The average molecular weight is 368 g/mol. The maximum Gasteiger partial charge on any atom is 0.265 e. The zero-order valence-corrected chi connectivity index (χ0v) is 14.4. The number of hydrogen-bond donors (Lipinski definition) is 3. The first-order valence-electron chi connectivity index (χ1n) is 7.33. The smallest absolute Gasteiger partial charge is 0.265 e. The van der Waals surface area contributed by atoms with Gasteiger partial charge in [0.25, 0.3) is 11.8 Å². The van der Waals surface area contributed by atoms with Gasteiger partial charge in [-0.15, -0.1) is 22.7 Å². The Hall–Kier alpha value is -2.97. The maximum atomic E-state index is 12.5. The van der Waals surface area contributed by atoms with Crippen molar-refractivity contribution in [3.8, 4) is 11.3 Å². The second-order valence-electron chi connectivity index (χ2n) is 5.30.